The molecule has 0 aromatic heterocycles. The zero-order valence-corrected chi connectivity index (χ0v) is 14.0. The van der Waals surface area contributed by atoms with Gasteiger partial charge < -0.3 is 14.4 Å². The normalized spacial score (nSPS) is 22.0. The van der Waals surface area contributed by atoms with Crippen molar-refractivity contribution in [3.63, 3.8) is 0 Å². The Balaban J connectivity index is 1.35. The van der Waals surface area contributed by atoms with Gasteiger partial charge in [0.1, 0.15) is 5.82 Å². The molecular formula is C18H25FN2O3. The highest BCUT2D eigenvalue weighted by Crippen LogP contribution is 2.12. The third kappa shape index (κ3) is 4.75. The minimum atomic E-state index is -0.372. The standard InChI is InChI=1S/C18H25FN2O3/c19-16-4-1-3-15(13-16)18(22)21-8-6-20(7-9-21)10-12-23-14-17-5-2-11-24-17/h1,3-4,13,17H,2,5-12,14H2/t17-/m1/s1. The molecule has 1 aromatic rings. The molecule has 0 bridgehead atoms. The van der Waals surface area contributed by atoms with E-state index in [1.165, 1.54) is 12.1 Å². The number of nitrogens with zero attached hydrogens (tertiary/aromatic N) is 2. The molecule has 1 aromatic carbocycles. The van der Waals surface area contributed by atoms with Gasteiger partial charge in [0.15, 0.2) is 0 Å². The summed E-state index contributed by atoms with van der Waals surface area (Å²) < 4.78 is 24.5. The zero-order chi connectivity index (χ0) is 16.8. The van der Waals surface area contributed by atoms with Crippen LogP contribution in [0.15, 0.2) is 24.3 Å². The van der Waals surface area contributed by atoms with Gasteiger partial charge in [-0.15, -0.1) is 0 Å². The summed E-state index contributed by atoms with van der Waals surface area (Å²) in [6.45, 7) is 6.08. The topological polar surface area (TPSA) is 42.0 Å². The highest BCUT2D eigenvalue weighted by molar-refractivity contribution is 5.94. The second-order valence-electron chi connectivity index (χ2n) is 6.35. The van der Waals surface area contributed by atoms with Crippen LogP contribution in [0, 0.1) is 5.82 Å². The molecular weight excluding hydrogens is 311 g/mol. The summed E-state index contributed by atoms with van der Waals surface area (Å²) in [5.41, 5.74) is 0.420. The summed E-state index contributed by atoms with van der Waals surface area (Å²) in [7, 11) is 0. The molecule has 2 aliphatic rings. The molecule has 132 valence electrons. The van der Waals surface area contributed by atoms with E-state index in [1.807, 2.05) is 0 Å². The van der Waals surface area contributed by atoms with E-state index < -0.39 is 0 Å². The smallest absolute Gasteiger partial charge is 0.254 e. The predicted octanol–water partition coefficient (Wildman–Crippen LogP) is 1.78. The van der Waals surface area contributed by atoms with Crippen LogP contribution in [0.25, 0.3) is 0 Å². The maximum absolute atomic E-state index is 13.2. The Morgan fingerprint density at radius 3 is 2.83 bits per heavy atom. The van der Waals surface area contributed by atoms with Crippen molar-refractivity contribution in [1.29, 1.82) is 0 Å². The van der Waals surface area contributed by atoms with Gasteiger partial charge in [-0.25, -0.2) is 4.39 Å². The van der Waals surface area contributed by atoms with Gasteiger partial charge in [0.2, 0.25) is 0 Å². The van der Waals surface area contributed by atoms with Crippen LogP contribution in [0.4, 0.5) is 4.39 Å². The molecule has 2 fully saturated rings. The summed E-state index contributed by atoms with van der Waals surface area (Å²) in [4.78, 5) is 16.5. The first kappa shape index (κ1) is 17.3. The zero-order valence-electron chi connectivity index (χ0n) is 14.0. The molecule has 0 spiro atoms. The molecule has 2 saturated heterocycles. The van der Waals surface area contributed by atoms with Crippen LogP contribution in [0.5, 0.6) is 0 Å². The number of benzene rings is 1. The Morgan fingerprint density at radius 1 is 1.29 bits per heavy atom. The number of hydrogen-bond donors (Lipinski definition) is 0. The summed E-state index contributed by atoms with van der Waals surface area (Å²) in [6, 6.07) is 5.89. The molecule has 0 radical (unpaired) electrons. The van der Waals surface area contributed by atoms with Crippen LogP contribution in [0.3, 0.4) is 0 Å². The van der Waals surface area contributed by atoms with E-state index in [-0.39, 0.29) is 17.8 Å². The van der Waals surface area contributed by atoms with Crippen molar-refractivity contribution in [3.8, 4) is 0 Å². The molecule has 0 aliphatic carbocycles. The maximum Gasteiger partial charge on any atom is 0.254 e. The fraction of sp³-hybridized carbons (Fsp3) is 0.611. The van der Waals surface area contributed by atoms with Crippen LogP contribution >= 0.6 is 0 Å². The van der Waals surface area contributed by atoms with Crippen molar-refractivity contribution in [3.05, 3.63) is 35.6 Å². The van der Waals surface area contributed by atoms with Gasteiger partial charge in [-0.2, -0.15) is 0 Å². The third-order valence-corrected chi connectivity index (χ3v) is 4.61. The highest BCUT2D eigenvalue weighted by Gasteiger charge is 2.22. The maximum atomic E-state index is 13.2. The average molecular weight is 336 g/mol. The quantitative estimate of drug-likeness (QED) is 0.743. The minimum absolute atomic E-state index is 0.0937. The number of hydrogen-bond acceptors (Lipinski definition) is 4. The fourth-order valence-electron chi connectivity index (χ4n) is 3.16. The van der Waals surface area contributed by atoms with Crippen molar-refractivity contribution in [2.45, 2.75) is 18.9 Å². The van der Waals surface area contributed by atoms with Crippen molar-refractivity contribution in [2.75, 3.05) is 52.5 Å². The Hall–Kier alpha value is -1.50. The first-order chi connectivity index (χ1) is 11.7. The average Bonchev–Trinajstić information content (AvgIpc) is 3.12. The number of carbonyl (C=O) groups is 1. The number of ether oxygens (including phenoxy) is 2. The van der Waals surface area contributed by atoms with E-state index in [1.54, 1.807) is 17.0 Å². The number of halogens is 1. The predicted molar refractivity (Wildman–Crippen MR) is 88.5 cm³/mol. The van der Waals surface area contributed by atoms with E-state index in [2.05, 4.69) is 4.90 Å². The molecule has 2 aliphatic heterocycles. The van der Waals surface area contributed by atoms with Gasteiger partial charge in [-0.3, -0.25) is 9.69 Å². The van der Waals surface area contributed by atoms with E-state index in [9.17, 15) is 9.18 Å². The lowest BCUT2D eigenvalue weighted by molar-refractivity contribution is 0.00657. The highest BCUT2D eigenvalue weighted by atomic mass is 19.1. The summed E-state index contributed by atoms with van der Waals surface area (Å²) in [5, 5.41) is 0. The molecule has 1 amide bonds. The number of amides is 1. The first-order valence-corrected chi connectivity index (χ1v) is 8.69. The van der Waals surface area contributed by atoms with Crippen LogP contribution in [-0.4, -0.2) is 74.4 Å². The van der Waals surface area contributed by atoms with E-state index in [0.29, 0.717) is 31.9 Å². The first-order valence-electron chi connectivity index (χ1n) is 8.69. The van der Waals surface area contributed by atoms with Crippen LogP contribution in [0.2, 0.25) is 0 Å². The fourth-order valence-corrected chi connectivity index (χ4v) is 3.16. The van der Waals surface area contributed by atoms with Gasteiger partial charge >= 0.3 is 0 Å². The van der Waals surface area contributed by atoms with Gasteiger partial charge in [0.25, 0.3) is 5.91 Å². The minimum Gasteiger partial charge on any atom is -0.377 e. The van der Waals surface area contributed by atoms with Crippen molar-refractivity contribution in [2.24, 2.45) is 0 Å². The number of piperazine rings is 1. The van der Waals surface area contributed by atoms with Crippen molar-refractivity contribution < 1.29 is 18.7 Å². The monoisotopic (exact) mass is 336 g/mol. The number of carbonyl (C=O) groups excluding carboxylic acids is 1. The Kier molecular flexibility index (Phi) is 6.18. The molecule has 2 heterocycles. The molecule has 3 rings (SSSR count). The summed E-state index contributed by atoms with van der Waals surface area (Å²) in [5.74, 6) is -0.466. The summed E-state index contributed by atoms with van der Waals surface area (Å²) >= 11 is 0. The molecule has 0 N–H and O–H groups in total. The molecule has 5 nitrogen and oxygen atoms in total. The molecule has 0 saturated carbocycles. The van der Waals surface area contributed by atoms with Crippen LogP contribution < -0.4 is 0 Å². The second kappa shape index (κ2) is 8.55. The van der Waals surface area contributed by atoms with Gasteiger partial charge in [0.05, 0.1) is 19.3 Å². The summed E-state index contributed by atoms with van der Waals surface area (Å²) in [6.07, 6.45) is 2.50. The van der Waals surface area contributed by atoms with Gasteiger partial charge in [0, 0.05) is 44.9 Å². The molecule has 6 heteroatoms. The lowest BCUT2D eigenvalue weighted by Gasteiger charge is -2.34. The van der Waals surface area contributed by atoms with E-state index in [0.717, 1.165) is 39.1 Å². The van der Waals surface area contributed by atoms with E-state index >= 15 is 0 Å². The number of rotatable bonds is 6. The largest absolute Gasteiger partial charge is 0.377 e. The molecule has 1 atom stereocenters. The Morgan fingerprint density at radius 2 is 2.12 bits per heavy atom. The van der Waals surface area contributed by atoms with Crippen LogP contribution in [-0.2, 0) is 9.47 Å². The van der Waals surface area contributed by atoms with Gasteiger partial charge in [-0.1, -0.05) is 6.07 Å². The lowest BCUT2D eigenvalue weighted by Crippen LogP contribution is -2.49. The van der Waals surface area contributed by atoms with Crippen LogP contribution in [0.1, 0.15) is 23.2 Å². The third-order valence-electron chi connectivity index (χ3n) is 4.61. The van der Waals surface area contributed by atoms with Crippen molar-refractivity contribution in [1.82, 2.24) is 9.80 Å². The Bertz CT molecular complexity index is 541. The SMILES string of the molecule is O=C(c1cccc(F)c1)N1CCN(CCOC[C@H]2CCCO2)CC1. The molecule has 0 unspecified atom stereocenters. The van der Waals surface area contributed by atoms with E-state index in [4.69, 9.17) is 9.47 Å². The molecule has 24 heavy (non-hydrogen) atoms. The van der Waals surface area contributed by atoms with Crippen molar-refractivity contribution >= 4 is 5.91 Å². The lowest BCUT2D eigenvalue weighted by atomic mass is 10.1. The second-order valence-corrected chi connectivity index (χ2v) is 6.35. The van der Waals surface area contributed by atoms with Gasteiger partial charge in [-0.05, 0) is 31.0 Å². The Labute approximate surface area is 142 Å².